The van der Waals surface area contributed by atoms with E-state index in [4.69, 9.17) is 5.73 Å². The van der Waals surface area contributed by atoms with Crippen molar-refractivity contribution in [1.29, 1.82) is 0 Å². The van der Waals surface area contributed by atoms with E-state index in [1.54, 1.807) is 18.3 Å². The summed E-state index contributed by atoms with van der Waals surface area (Å²) in [5, 5.41) is 2.61. The maximum absolute atomic E-state index is 12.8. The molecular formula is C13H14FN5O. The normalized spacial score (nSPS) is 19.6. The van der Waals surface area contributed by atoms with Gasteiger partial charge in [0.25, 0.3) is 5.91 Å². The smallest absolute Gasteiger partial charge is 0.254 e. The van der Waals surface area contributed by atoms with Gasteiger partial charge in [0, 0.05) is 11.9 Å². The molecular weight excluding hydrogens is 261 g/mol. The van der Waals surface area contributed by atoms with Gasteiger partial charge in [-0.1, -0.05) is 0 Å². The number of aromatic nitrogens is 1. The van der Waals surface area contributed by atoms with Crippen molar-refractivity contribution >= 4 is 23.6 Å². The first-order chi connectivity index (χ1) is 9.63. The molecule has 0 atom stereocenters. The standard InChI is InChI=1S/C13H14FN5O/c14-8-6-19(7-8)12-2-1-9(3-17-12)16-4-10-11(15)5-18-13(10)20/h1-4,8H,5-7,15H2,(H,18,20). The summed E-state index contributed by atoms with van der Waals surface area (Å²) in [6, 6.07) is 3.55. The highest BCUT2D eigenvalue weighted by atomic mass is 19.1. The van der Waals surface area contributed by atoms with Gasteiger partial charge in [-0.05, 0) is 12.1 Å². The van der Waals surface area contributed by atoms with Gasteiger partial charge in [0.15, 0.2) is 0 Å². The first-order valence-corrected chi connectivity index (χ1v) is 6.29. The van der Waals surface area contributed by atoms with Gasteiger partial charge < -0.3 is 16.0 Å². The largest absolute Gasteiger partial charge is 0.400 e. The molecule has 6 nitrogen and oxygen atoms in total. The fraction of sp³-hybridized carbons (Fsp3) is 0.308. The number of pyridine rings is 1. The van der Waals surface area contributed by atoms with Crippen LogP contribution in [-0.4, -0.2) is 42.9 Å². The number of hydrogen-bond acceptors (Lipinski definition) is 5. The molecule has 2 aliphatic rings. The van der Waals surface area contributed by atoms with Crippen LogP contribution < -0.4 is 16.0 Å². The van der Waals surface area contributed by atoms with Crippen molar-refractivity contribution < 1.29 is 9.18 Å². The third-order valence-electron chi connectivity index (χ3n) is 3.27. The van der Waals surface area contributed by atoms with Gasteiger partial charge in [-0.25, -0.2) is 9.37 Å². The summed E-state index contributed by atoms with van der Waals surface area (Å²) in [5.74, 6) is 0.514. The summed E-state index contributed by atoms with van der Waals surface area (Å²) in [4.78, 5) is 21.7. The second-order valence-corrected chi connectivity index (χ2v) is 4.76. The lowest BCUT2D eigenvalue weighted by molar-refractivity contribution is -0.116. The number of rotatable bonds is 3. The van der Waals surface area contributed by atoms with Crippen LogP contribution in [0.5, 0.6) is 0 Å². The van der Waals surface area contributed by atoms with E-state index in [1.165, 1.54) is 6.21 Å². The third-order valence-corrected chi connectivity index (χ3v) is 3.27. The molecule has 1 fully saturated rings. The first kappa shape index (κ1) is 12.6. The van der Waals surface area contributed by atoms with E-state index in [2.05, 4.69) is 15.3 Å². The zero-order valence-corrected chi connectivity index (χ0v) is 10.7. The summed E-state index contributed by atoms with van der Waals surface area (Å²) in [6.45, 7) is 1.13. The molecule has 3 heterocycles. The number of aliphatic imine (C=N–C) groups is 1. The number of nitrogens with one attached hydrogen (secondary N) is 1. The fourth-order valence-corrected chi connectivity index (χ4v) is 2.05. The van der Waals surface area contributed by atoms with E-state index in [9.17, 15) is 9.18 Å². The van der Waals surface area contributed by atoms with Gasteiger partial charge in [-0.2, -0.15) is 0 Å². The van der Waals surface area contributed by atoms with Gasteiger partial charge in [-0.3, -0.25) is 9.79 Å². The third kappa shape index (κ3) is 2.34. The maximum Gasteiger partial charge on any atom is 0.254 e. The van der Waals surface area contributed by atoms with Crippen LogP contribution in [0.3, 0.4) is 0 Å². The number of halogens is 1. The van der Waals surface area contributed by atoms with Crippen molar-refractivity contribution in [3.8, 4) is 0 Å². The number of carbonyl (C=O) groups is 1. The predicted octanol–water partition coefficient (Wildman–Crippen LogP) is 0.285. The van der Waals surface area contributed by atoms with Gasteiger partial charge >= 0.3 is 0 Å². The van der Waals surface area contributed by atoms with E-state index in [0.717, 1.165) is 5.82 Å². The Morgan fingerprint density at radius 2 is 2.30 bits per heavy atom. The minimum atomic E-state index is -0.759. The van der Waals surface area contributed by atoms with E-state index in [0.29, 0.717) is 36.6 Å². The molecule has 0 unspecified atom stereocenters. The molecule has 1 aromatic heterocycles. The monoisotopic (exact) mass is 275 g/mol. The highest BCUT2D eigenvalue weighted by Gasteiger charge is 2.26. The van der Waals surface area contributed by atoms with E-state index >= 15 is 0 Å². The molecule has 0 aromatic carbocycles. The lowest BCUT2D eigenvalue weighted by atomic mass is 10.2. The highest BCUT2D eigenvalue weighted by molar-refractivity contribution is 6.15. The molecule has 1 aromatic rings. The molecule has 0 spiro atoms. The Kier molecular flexibility index (Phi) is 3.09. The van der Waals surface area contributed by atoms with Crippen LogP contribution in [0.25, 0.3) is 0 Å². The fourth-order valence-electron chi connectivity index (χ4n) is 2.05. The molecule has 3 rings (SSSR count). The average molecular weight is 275 g/mol. The van der Waals surface area contributed by atoms with E-state index in [1.807, 2.05) is 4.90 Å². The molecule has 3 N–H and O–H groups in total. The van der Waals surface area contributed by atoms with Crippen molar-refractivity contribution in [2.75, 3.05) is 24.5 Å². The van der Waals surface area contributed by atoms with E-state index in [-0.39, 0.29) is 5.91 Å². The maximum atomic E-state index is 12.8. The number of carbonyl (C=O) groups excluding carboxylic acids is 1. The van der Waals surface area contributed by atoms with Crippen LogP contribution in [0.1, 0.15) is 0 Å². The summed E-state index contributed by atoms with van der Waals surface area (Å²) < 4.78 is 12.8. The van der Waals surface area contributed by atoms with Crippen LogP contribution in [0.4, 0.5) is 15.9 Å². The molecule has 0 bridgehead atoms. The topological polar surface area (TPSA) is 83.6 Å². The number of nitrogens with zero attached hydrogens (tertiary/aromatic N) is 3. The zero-order chi connectivity index (χ0) is 14.1. The molecule has 0 saturated carbocycles. The number of hydrogen-bond donors (Lipinski definition) is 2. The Balaban J connectivity index is 1.69. The minimum Gasteiger partial charge on any atom is -0.400 e. The minimum absolute atomic E-state index is 0.217. The van der Waals surface area contributed by atoms with Crippen LogP contribution in [0.15, 0.2) is 34.6 Å². The Hall–Kier alpha value is -2.44. The van der Waals surface area contributed by atoms with Crippen molar-refractivity contribution in [3.63, 3.8) is 0 Å². The van der Waals surface area contributed by atoms with Crippen LogP contribution in [0, 0.1) is 0 Å². The first-order valence-electron chi connectivity index (χ1n) is 6.29. The zero-order valence-electron chi connectivity index (χ0n) is 10.7. The van der Waals surface area contributed by atoms with Crippen molar-refractivity contribution in [2.45, 2.75) is 6.17 Å². The molecule has 1 amide bonds. The molecule has 104 valence electrons. The lowest BCUT2D eigenvalue weighted by Crippen LogP contribution is -2.48. The van der Waals surface area contributed by atoms with Crippen molar-refractivity contribution in [2.24, 2.45) is 10.7 Å². The molecule has 0 aliphatic carbocycles. The summed E-state index contributed by atoms with van der Waals surface area (Å²) in [6.07, 6.45) is 2.27. The van der Waals surface area contributed by atoms with Crippen LogP contribution in [0.2, 0.25) is 0 Å². The quantitative estimate of drug-likeness (QED) is 0.776. The average Bonchev–Trinajstić information content (AvgIpc) is 2.73. The lowest BCUT2D eigenvalue weighted by Gasteiger charge is -2.35. The van der Waals surface area contributed by atoms with Crippen LogP contribution in [-0.2, 0) is 4.79 Å². The number of anilines is 1. The second-order valence-electron chi connectivity index (χ2n) is 4.76. The van der Waals surface area contributed by atoms with Crippen molar-refractivity contribution in [3.05, 3.63) is 29.6 Å². The number of alkyl halides is 1. The molecule has 0 radical (unpaired) electrons. The molecule has 1 saturated heterocycles. The highest BCUT2D eigenvalue weighted by Crippen LogP contribution is 2.22. The van der Waals surface area contributed by atoms with E-state index < -0.39 is 6.17 Å². The summed E-state index contributed by atoms with van der Waals surface area (Å²) in [5.41, 5.74) is 7.17. The summed E-state index contributed by atoms with van der Waals surface area (Å²) in [7, 11) is 0. The van der Waals surface area contributed by atoms with Crippen molar-refractivity contribution in [1.82, 2.24) is 10.3 Å². The molecule has 20 heavy (non-hydrogen) atoms. The van der Waals surface area contributed by atoms with Gasteiger partial charge in [0.2, 0.25) is 0 Å². The Bertz CT molecular complexity index is 589. The van der Waals surface area contributed by atoms with Gasteiger partial charge in [0.1, 0.15) is 12.0 Å². The number of amides is 1. The Labute approximate surface area is 115 Å². The SMILES string of the molecule is NC1=C(C=Nc2ccc(N3CC(F)C3)nc2)C(=O)NC1. The molecule has 7 heteroatoms. The van der Waals surface area contributed by atoms with Gasteiger partial charge in [-0.15, -0.1) is 0 Å². The Morgan fingerprint density at radius 3 is 2.85 bits per heavy atom. The second kappa shape index (κ2) is 4.92. The summed E-state index contributed by atoms with van der Waals surface area (Å²) >= 11 is 0. The predicted molar refractivity (Wildman–Crippen MR) is 73.7 cm³/mol. The van der Waals surface area contributed by atoms with Gasteiger partial charge in [0.05, 0.1) is 37.1 Å². The van der Waals surface area contributed by atoms with Crippen LogP contribution >= 0.6 is 0 Å². The molecule has 2 aliphatic heterocycles. The Morgan fingerprint density at radius 1 is 1.50 bits per heavy atom. The number of nitrogens with two attached hydrogens (primary N) is 1.